The number of hydrogen-bond acceptors (Lipinski definition) is 4. The third kappa shape index (κ3) is 3.59. The lowest BCUT2D eigenvalue weighted by Crippen LogP contribution is -2.46. The van der Waals surface area contributed by atoms with Crippen molar-refractivity contribution in [1.29, 1.82) is 0 Å². The minimum Gasteiger partial charge on any atom is -0.392 e. The topological polar surface area (TPSA) is 86.9 Å². The number of aliphatic hydroxyl groups is 1. The Morgan fingerprint density at radius 2 is 2.05 bits per heavy atom. The quantitative estimate of drug-likeness (QED) is 0.797. The standard InChI is InChI=1S/C15H21N3O3/c1-2-18(11-6-4-3-5-7-11)14(20)10-17-9-12(19)8-13(17)15(16)21/h3-7,12-13,19H,2,8-10H2,1H3,(H2,16,21)/t12-,13-/m1/s1. The largest absolute Gasteiger partial charge is 0.392 e. The predicted molar refractivity (Wildman–Crippen MR) is 79.6 cm³/mol. The molecule has 0 spiro atoms. The summed E-state index contributed by atoms with van der Waals surface area (Å²) in [4.78, 5) is 27.2. The average Bonchev–Trinajstić information content (AvgIpc) is 2.82. The lowest BCUT2D eigenvalue weighted by molar-refractivity contribution is -0.124. The van der Waals surface area contributed by atoms with Crippen molar-refractivity contribution in [2.45, 2.75) is 25.5 Å². The Morgan fingerprint density at radius 3 is 2.62 bits per heavy atom. The van der Waals surface area contributed by atoms with Crippen LogP contribution in [0.3, 0.4) is 0 Å². The molecule has 2 atom stereocenters. The summed E-state index contributed by atoms with van der Waals surface area (Å²) in [7, 11) is 0. The van der Waals surface area contributed by atoms with Gasteiger partial charge in [-0.05, 0) is 25.5 Å². The number of benzene rings is 1. The number of rotatable bonds is 5. The van der Waals surface area contributed by atoms with Gasteiger partial charge in [-0.1, -0.05) is 18.2 Å². The highest BCUT2D eigenvalue weighted by Gasteiger charge is 2.36. The Kier molecular flexibility index (Phi) is 4.93. The number of nitrogens with two attached hydrogens (primary N) is 1. The van der Waals surface area contributed by atoms with Crippen molar-refractivity contribution >= 4 is 17.5 Å². The maximum atomic E-state index is 12.5. The molecule has 0 aliphatic carbocycles. The van der Waals surface area contributed by atoms with Crippen LogP contribution in [0, 0.1) is 0 Å². The summed E-state index contributed by atoms with van der Waals surface area (Å²) in [5.41, 5.74) is 6.15. The number of carbonyl (C=O) groups excluding carboxylic acids is 2. The van der Waals surface area contributed by atoms with Crippen LogP contribution in [0.5, 0.6) is 0 Å². The maximum absolute atomic E-state index is 12.5. The molecule has 1 aliphatic heterocycles. The van der Waals surface area contributed by atoms with Crippen molar-refractivity contribution < 1.29 is 14.7 Å². The minimum absolute atomic E-state index is 0.0768. The van der Waals surface area contributed by atoms with E-state index in [9.17, 15) is 14.7 Å². The molecule has 1 aliphatic rings. The molecule has 114 valence electrons. The summed E-state index contributed by atoms with van der Waals surface area (Å²) in [6.45, 7) is 2.81. The molecule has 1 aromatic rings. The van der Waals surface area contributed by atoms with Crippen LogP contribution < -0.4 is 10.6 Å². The number of carbonyl (C=O) groups is 2. The van der Waals surface area contributed by atoms with Gasteiger partial charge in [0.15, 0.2) is 0 Å². The van der Waals surface area contributed by atoms with E-state index in [-0.39, 0.29) is 12.5 Å². The first-order valence-electron chi connectivity index (χ1n) is 7.09. The molecule has 3 N–H and O–H groups in total. The molecular weight excluding hydrogens is 270 g/mol. The van der Waals surface area contributed by atoms with Crippen molar-refractivity contribution in [3.8, 4) is 0 Å². The zero-order valence-electron chi connectivity index (χ0n) is 12.1. The molecule has 0 bridgehead atoms. The number of primary amides is 1. The van der Waals surface area contributed by atoms with Crippen LogP contribution in [0.25, 0.3) is 0 Å². The molecule has 0 radical (unpaired) electrons. The molecule has 1 saturated heterocycles. The van der Waals surface area contributed by atoms with Crippen molar-refractivity contribution in [3.63, 3.8) is 0 Å². The highest BCUT2D eigenvalue weighted by Crippen LogP contribution is 2.19. The van der Waals surface area contributed by atoms with Gasteiger partial charge in [0.25, 0.3) is 0 Å². The minimum atomic E-state index is -0.609. The molecule has 21 heavy (non-hydrogen) atoms. The van der Waals surface area contributed by atoms with Gasteiger partial charge >= 0.3 is 0 Å². The van der Waals surface area contributed by atoms with Gasteiger partial charge in [0.1, 0.15) is 0 Å². The molecule has 1 heterocycles. The lowest BCUT2D eigenvalue weighted by atomic mass is 10.2. The third-order valence-corrected chi connectivity index (χ3v) is 3.73. The summed E-state index contributed by atoms with van der Waals surface area (Å²) in [5, 5.41) is 9.67. The number of likely N-dealkylation sites (tertiary alicyclic amines) is 1. The summed E-state index contributed by atoms with van der Waals surface area (Å²) in [6, 6.07) is 8.80. The second-order valence-corrected chi connectivity index (χ2v) is 5.21. The van der Waals surface area contributed by atoms with Crippen LogP contribution in [0.1, 0.15) is 13.3 Å². The van der Waals surface area contributed by atoms with Crippen LogP contribution in [-0.2, 0) is 9.59 Å². The molecule has 0 unspecified atom stereocenters. The number of hydrogen-bond donors (Lipinski definition) is 2. The van der Waals surface area contributed by atoms with E-state index < -0.39 is 18.1 Å². The zero-order valence-corrected chi connectivity index (χ0v) is 12.1. The number of para-hydroxylation sites is 1. The lowest BCUT2D eigenvalue weighted by Gasteiger charge is -2.26. The number of aliphatic hydroxyl groups excluding tert-OH is 1. The van der Waals surface area contributed by atoms with Crippen molar-refractivity contribution in [1.82, 2.24) is 4.90 Å². The van der Waals surface area contributed by atoms with E-state index in [2.05, 4.69) is 0 Å². The fraction of sp³-hybridized carbons (Fsp3) is 0.467. The van der Waals surface area contributed by atoms with E-state index in [1.54, 1.807) is 9.80 Å². The highest BCUT2D eigenvalue weighted by molar-refractivity contribution is 5.95. The second kappa shape index (κ2) is 6.69. The van der Waals surface area contributed by atoms with Gasteiger partial charge in [-0.3, -0.25) is 14.5 Å². The van der Waals surface area contributed by atoms with Crippen molar-refractivity contribution in [3.05, 3.63) is 30.3 Å². The Morgan fingerprint density at radius 1 is 1.38 bits per heavy atom. The first-order chi connectivity index (χ1) is 10.0. The second-order valence-electron chi connectivity index (χ2n) is 5.21. The van der Waals surface area contributed by atoms with E-state index in [1.165, 1.54) is 0 Å². The van der Waals surface area contributed by atoms with E-state index in [1.807, 2.05) is 37.3 Å². The van der Waals surface area contributed by atoms with Gasteiger partial charge in [0.05, 0.1) is 18.7 Å². The van der Waals surface area contributed by atoms with Crippen LogP contribution in [-0.4, -0.2) is 53.6 Å². The SMILES string of the molecule is CCN(C(=O)CN1C[C@H](O)C[C@@H]1C(N)=O)c1ccccc1. The average molecular weight is 291 g/mol. The molecule has 2 amide bonds. The van der Waals surface area contributed by atoms with Crippen LogP contribution in [0.15, 0.2) is 30.3 Å². The summed E-state index contributed by atoms with van der Waals surface area (Å²) < 4.78 is 0. The summed E-state index contributed by atoms with van der Waals surface area (Å²) >= 11 is 0. The van der Waals surface area contributed by atoms with E-state index in [0.717, 1.165) is 5.69 Å². The van der Waals surface area contributed by atoms with Crippen molar-refractivity contribution in [2.24, 2.45) is 5.73 Å². The molecule has 1 fully saturated rings. The van der Waals surface area contributed by atoms with E-state index in [0.29, 0.717) is 19.5 Å². The van der Waals surface area contributed by atoms with Gasteiger partial charge in [0, 0.05) is 18.8 Å². The number of anilines is 1. The molecule has 6 nitrogen and oxygen atoms in total. The smallest absolute Gasteiger partial charge is 0.241 e. The first kappa shape index (κ1) is 15.5. The van der Waals surface area contributed by atoms with E-state index in [4.69, 9.17) is 5.73 Å². The Hall–Kier alpha value is -1.92. The zero-order chi connectivity index (χ0) is 15.4. The fourth-order valence-electron chi connectivity index (χ4n) is 2.72. The summed E-state index contributed by atoms with van der Waals surface area (Å²) in [5.74, 6) is -0.605. The highest BCUT2D eigenvalue weighted by atomic mass is 16.3. The third-order valence-electron chi connectivity index (χ3n) is 3.73. The molecular formula is C15H21N3O3. The Balaban J connectivity index is 2.07. The molecule has 0 saturated carbocycles. The molecule has 1 aromatic carbocycles. The Bertz CT molecular complexity index is 506. The van der Waals surface area contributed by atoms with Gasteiger partial charge in [-0.25, -0.2) is 0 Å². The van der Waals surface area contributed by atoms with Gasteiger partial charge in [-0.15, -0.1) is 0 Å². The van der Waals surface area contributed by atoms with Crippen LogP contribution >= 0.6 is 0 Å². The number of likely N-dealkylation sites (N-methyl/N-ethyl adjacent to an activating group) is 1. The molecule has 2 rings (SSSR count). The van der Waals surface area contributed by atoms with Gasteiger partial charge in [-0.2, -0.15) is 0 Å². The summed E-state index contributed by atoms with van der Waals surface area (Å²) in [6.07, 6.45) is -0.317. The van der Waals surface area contributed by atoms with Crippen LogP contribution in [0.4, 0.5) is 5.69 Å². The van der Waals surface area contributed by atoms with Gasteiger partial charge in [0.2, 0.25) is 11.8 Å². The van der Waals surface area contributed by atoms with Gasteiger partial charge < -0.3 is 15.7 Å². The van der Waals surface area contributed by atoms with Crippen molar-refractivity contribution in [2.75, 3.05) is 24.5 Å². The van der Waals surface area contributed by atoms with Crippen LogP contribution in [0.2, 0.25) is 0 Å². The number of amides is 2. The molecule has 0 aromatic heterocycles. The number of nitrogens with zero attached hydrogens (tertiary/aromatic N) is 2. The fourth-order valence-corrected chi connectivity index (χ4v) is 2.72. The maximum Gasteiger partial charge on any atom is 0.241 e. The normalized spacial score (nSPS) is 22.2. The predicted octanol–water partition coefficient (Wildman–Crippen LogP) is -0.0400. The monoisotopic (exact) mass is 291 g/mol. The Labute approximate surface area is 124 Å². The van der Waals surface area contributed by atoms with E-state index >= 15 is 0 Å². The number of β-amino-alcohol motifs (C(OH)–C–C–N with tert-alkyl or cyclic N) is 1. The molecule has 6 heteroatoms. The first-order valence-corrected chi connectivity index (χ1v) is 7.09.